The van der Waals surface area contributed by atoms with Gasteiger partial charge in [0.1, 0.15) is 22.0 Å². The highest BCUT2D eigenvalue weighted by molar-refractivity contribution is 7.89. The summed E-state index contributed by atoms with van der Waals surface area (Å²) < 4.78 is 37.2. The lowest BCUT2D eigenvalue weighted by atomic mass is 10.1. The van der Waals surface area contributed by atoms with Gasteiger partial charge in [-0.15, -0.1) is 0 Å². The minimum absolute atomic E-state index is 0.000466. The van der Waals surface area contributed by atoms with Crippen LogP contribution in [-0.2, 0) is 21.2 Å². The summed E-state index contributed by atoms with van der Waals surface area (Å²) in [5.74, 6) is -0.440. The van der Waals surface area contributed by atoms with Crippen LogP contribution in [-0.4, -0.2) is 29.1 Å². The zero-order valence-corrected chi connectivity index (χ0v) is 18.3. The van der Waals surface area contributed by atoms with Gasteiger partial charge in [0.25, 0.3) is 0 Å². The van der Waals surface area contributed by atoms with Crippen molar-refractivity contribution in [2.75, 3.05) is 5.32 Å². The second kappa shape index (κ2) is 8.93. The molecule has 1 aromatic heterocycles. The van der Waals surface area contributed by atoms with Crippen LogP contribution in [0.1, 0.15) is 11.1 Å². The number of hydrogen-bond acceptors (Lipinski definition) is 6. The largest absolute Gasteiger partial charge is 0.324 e. The minimum atomic E-state index is -4.03. The van der Waals surface area contributed by atoms with Crippen molar-refractivity contribution in [3.63, 3.8) is 0 Å². The van der Waals surface area contributed by atoms with Crippen molar-refractivity contribution in [3.8, 4) is 0 Å². The van der Waals surface area contributed by atoms with Gasteiger partial charge < -0.3 is 5.32 Å². The first-order valence-corrected chi connectivity index (χ1v) is 11.8. The van der Waals surface area contributed by atoms with Crippen LogP contribution >= 0.6 is 11.7 Å². The molecular formula is C22H20N4O3S2. The normalized spacial score (nSPS) is 12.5. The molecule has 0 aliphatic rings. The summed E-state index contributed by atoms with van der Waals surface area (Å²) in [7, 11) is -4.03. The highest BCUT2D eigenvalue weighted by atomic mass is 32.2. The Morgan fingerprint density at radius 2 is 1.71 bits per heavy atom. The average molecular weight is 453 g/mol. The van der Waals surface area contributed by atoms with Crippen molar-refractivity contribution in [2.45, 2.75) is 24.3 Å². The molecule has 0 aliphatic heterocycles. The predicted molar refractivity (Wildman–Crippen MR) is 121 cm³/mol. The molecular weight excluding hydrogens is 432 g/mol. The molecule has 0 saturated heterocycles. The monoisotopic (exact) mass is 452 g/mol. The van der Waals surface area contributed by atoms with E-state index in [2.05, 4.69) is 18.8 Å². The standard InChI is InChI=1S/C22H20N4O3S2/c1-15-8-5-6-11-17(15)23-22(27)19(14-16-9-3-2-4-10-16)26-31(28,29)20-13-7-12-18-21(20)25-30-24-18/h2-13,19,26H,14H2,1H3,(H,23,27). The molecule has 1 amide bonds. The van der Waals surface area contributed by atoms with Crippen LogP contribution < -0.4 is 10.0 Å². The number of para-hydroxylation sites is 1. The number of aromatic nitrogens is 2. The fraction of sp³-hybridized carbons (Fsp3) is 0.136. The van der Waals surface area contributed by atoms with Crippen molar-refractivity contribution in [1.29, 1.82) is 0 Å². The number of benzene rings is 3. The molecule has 3 aromatic carbocycles. The maximum atomic E-state index is 13.2. The number of fused-ring (bicyclic) bond motifs is 1. The van der Waals surface area contributed by atoms with E-state index in [-0.39, 0.29) is 16.8 Å². The van der Waals surface area contributed by atoms with Gasteiger partial charge in [-0.05, 0) is 42.7 Å². The molecule has 4 rings (SSSR count). The maximum Gasteiger partial charge on any atom is 0.243 e. The molecule has 9 heteroatoms. The molecule has 158 valence electrons. The van der Waals surface area contributed by atoms with Gasteiger partial charge >= 0.3 is 0 Å². The molecule has 4 aromatic rings. The van der Waals surface area contributed by atoms with Crippen LogP contribution in [0.25, 0.3) is 11.0 Å². The van der Waals surface area contributed by atoms with Gasteiger partial charge in [-0.25, -0.2) is 8.42 Å². The summed E-state index contributed by atoms with van der Waals surface area (Å²) in [5.41, 5.74) is 3.14. The van der Waals surface area contributed by atoms with E-state index in [1.165, 1.54) is 6.07 Å². The highest BCUT2D eigenvalue weighted by Crippen LogP contribution is 2.22. The lowest BCUT2D eigenvalue weighted by molar-refractivity contribution is -0.117. The summed E-state index contributed by atoms with van der Waals surface area (Å²) >= 11 is 0.943. The summed E-state index contributed by atoms with van der Waals surface area (Å²) in [6.07, 6.45) is 0.197. The van der Waals surface area contributed by atoms with Crippen molar-refractivity contribution >= 4 is 44.4 Å². The van der Waals surface area contributed by atoms with E-state index in [0.717, 1.165) is 22.9 Å². The fourth-order valence-corrected chi connectivity index (χ4v) is 5.18. The Kier molecular flexibility index (Phi) is 6.08. The summed E-state index contributed by atoms with van der Waals surface area (Å²) in [5, 5.41) is 2.84. The van der Waals surface area contributed by atoms with E-state index >= 15 is 0 Å². The topological polar surface area (TPSA) is 101 Å². The maximum absolute atomic E-state index is 13.2. The number of sulfonamides is 1. The Balaban J connectivity index is 1.66. The molecule has 0 radical (unpaired) electrons. The molecule has 0 bridgehead atoms. The van der Waals surface area contributed by atoms with Crippen LogP contribution in [0.5, 0.6) is 0 Å². The molecule has 2 N–H and O–H groups in total. The number of aryl methyl sites for hydroxylation is 1. The Morgan fingerprint density at radius 3 is 2.48 bits per heavy atom. The molecule has 1 atom stereocenters. The van der Waals surface area contributed by atoms with Gasteiger partial charge in [-0.3, -0.25) is 4.79 Å². The Hall–Kier alpha value is -3.14. The smallest absolute Gasteiger partial charge is 0.243 e. The number of nitrogens with one attached hydrogen (secondary N) is 2. The number of rotatable bonds is 7. The van der Waals surface area contributed by atoms with Gasteiger partial charge in [0.15, 0.2) is 0 Å². The molecule has 1 unspecified atom stereocenters. The molecule has 0 saturated carbocycles. The second-order valence-corrected chi connectivity index (χ2v) is 9.27. The fourth-order valence-electron chi connectivity index (χ4n) is 3.22. The number of hydrogen-bond donors (Lipinski definition) is 2. The van der Waals surface area contributed by atoms with Crippen LogP contribution in [0, 0.1) is 6.92 Å². The van der Waals surface area contributed by atoms with E-state index in [1.54, 1.807) is 18.2 Å². The SMILES string of the molecule is Cc1ccccc1NC(=O)C(Cc1ccccc1)NS(=O)(=O)c1cccc2nsnc12. The number of nitrogens with zero attached hydrogens (tertiary/aromatic N) is 2. The molecule has 1 heterocycles. The summed E-state index contributed by atoms with van der Waals surface area (Å²) in [6.45, 7) is 1.88. The first-order chi connectivity index (χ1) is 14.9. The number of amides is 1. The van der Waals surface area contributed by atoms with Crippen LogP contribution in [0.4, 0.5) is 5.69 Å². The molecule has 7 nitrogen and oxygen atoms in total. The van der Waals surface area contributed by atoms with Crippen LogP contribution in [0.15, 0.2) is 77.7 Å². The number of carbonyl (C=O) groups excluding carboxylic acids is 1. The van der Waals surface area contributed by atoms with Crippen molar-refractivity contribution in [2.24, 2.45) is 0 Å². The lowest BCUT2D eigenvalue weighted by Gasteiger charge is -2.19. The van der Waals surface area contributed by atoms with Gasteiger partial charge in [0.05, 0.1) is 11.7 Å². The van der Waals surface area contributed by atoms with Gasteiger partial charge in [-0.1, -0.05) is 54.6 Å². The predicted octanol–water partition coefficient (Wildman–Crippen LogP) is 3.53. The van der Waals surface area contributed by atoms with E-state index in [9.17, 15) is 13.2 Å². The van der Waals surface area contributed by atoms with Crippen LogP contribution in [0.3, 0.4) is 0 Å². The Bertz CT molecular complexity index is 1320. The lowest BCUT2D eigenvalue weighted by Crippen LogP contribution is -2.45. The molecule has 31 heavy (non-hydrogen) atoms. The van der Waals surface area contributed by atoms with Crippen molar-refractivity contribution in [3.05, 3.63) is 83.9 Å². The van der Waals surface area contributed by atoms with E-state index < -0.39 is 22.0 Å². The van der Waals surface area contributed by atoms with Gasteiger partial charge in [0.2, 0.25) is 15.9 Å². The zero-order valence-electron chi connectivity index (χ0n) is 16.6. The van der Waals surface area contributed by atoms with Gasteiger partial charge in [0, 0.05) is 5.69 Å². The second-order valence-electron chi connectivity index (χ2n) is 7.06. The summed E-state index contributed by atoms with van der Waals surface area (Å²) in [6, 6.07) is 20.4. The zero-order chi connectivity index (χ0) is 21.8. The van der Waals surface area contributed by atoms with Crippen LogP contribution in [0.2, 0.25) is 0 Å². The summed E-state index contributed by atoms with van der Waals surface area (Å²) in [4.78, 5) is 13.1. The number of anilines is 1. The van der Waals surface area contributed by atoms with E-state index in [0.29, 0.717) is 11.2 Å². The molecule has 0 aliphatic carbocycles. The molecule has 0 fully saturated rings. The molecule has 0 spiro atoms. The van der Waals surface area contributed by atoms with E-state index in [1.807, 2.05) is 55.5 Å². The third-order valence-electron chi connectivity index (χ3n) is 4.84. The van der Waals surface area contributed by atoms with Crippen molar-refractivity contribution in [1.82, 2.24) is 13.5 Å². The van der Waals surface area contributed by atoms with Gasteiger partial charge in [-0.2, -0.15) is 13.5 Å². The first-order valence-electron chi connectivity index (χ1n) is 9.58. The Morgan fingerprint density at radius 1 is 0.968 bits per heavy atom. The van der Waals surface area contributed by atoms with Crippen molar-refractivity contribution < 1.29 is 13.2 Å². The quantitative estimate of drug-likeness (QED) is 0.447. The highest BCUT2D eigenvalue weighted by Gasteiger charge is 2.28. The third-order valence-corrected chi connectivity index (χ3v) is 6.88. The Labute approximate surface area is 184 Å². The first kappa shape index (κ1) is 21.1. The number of carbonyl (C=O) groups is 1. The van der Waals surface area contributed by atoms with E-state index in [4.69, 9.17) is 0 Å². The third kappa shape index (κ3) is 4.79. The minimum Gasteiger partial charge on any atom is -0.324 e. The average Bonchev–Trinajstić information content (AvgIpc) is 3.24.